The summed E-state index contributed by atoms with van der Waals surface area (Å²) in [6.07, 6.45) is 1.92. The lowest BCUT2D eigenvalue weighted by molar-refractivity contribution is 0.220. The number of benzene rings is 2. The lowest BCUT2D eigenvalue weighted by Gasteiger charge is -2.11. The summed E-state index contributed by atoms with van der Waals surface area (Å²) in [7, 11) is 0. The van der Waals surface area contributed by atoms with E-state index in [0.717, 1.165) is 5.56 Å². The topological polar surface area (TPSA) is 26.3 Å². The van der Waals surface area contributed by atoms with Gasteiger partial charge >= 0.3 is 6.47 Å². The average Bonchev–Trinajstić information content (AvgIpc) is 2.38. The highest BCUT2D eigenvalue weighted by Crippen LogP contribution is 2.20. The van der Waals surface area contributed by atoms with E-state index in [9.17, 15) is 4.79 Å². The molecule has 0 bridgehead atoms. The van der Waals surface area contributed by atoms with Gasteiger partial charge < -0.3 is 4.74 Å². The van der Waals surface area contributed by atoms with Crippen molar-refractivity contribution in [2.75, 3.05) is 0 Å². The molecule has 1 radical (unpaired) electrons. The molecule has 0 N–H and O–H groups in total. The van der Waals surface area contributed by atoms with Gasteiger partial charge in [0.05, 0.1) is 0 Å². The zero-order chi connectivity index (χ0) is 12.1. The van der Waals surface area contributed by atoms with Crippen molar-refractivity contribution >= 4 is 17.2 Å². The summed E-state index contributed by atoms with van der Waals surface area (Å²) in [5.41, 5.74) is 1.14. The number of hydrogen-bond acceptors (Lipinski definition) is 2. The van der Waals surface area contributed by atoms with Crippen LogP contribution in [0.2, 0.25) is 0 Å². The van der Waals surface area contributed by atoms with E-state index in [-0.39, 0.29) is 6.10 Å². The lowest BCUT2D eigenvalue weighted by atomic mass is 10.00. The number of carbonyl (C=O) groups excluding carboxylic acids is 1. The fraction of sp³-hybridized carbons (Fsp3) is 0.133. The molecule has 2 aromatic rings. The van der Waals surface area contributed by atoms with Crippen molar-refractivity contribution in [3.8, 4) is 0 Å². The second-order valence-electron chi connectivity index (χ2n) is 3.82. The van der Waals surface area contributed by atoms with E-state index in [0.29, 0.717) is 6.42 Å². The molecule has 2 aromatic carbocycles. The lowest BCUT2D eigenvalue weighted by Crippen LogP contribution is -2.12. The van der Waals surface area contributed by atoms with E-state index in [4.69, 9.17) is 4.74 Å². The van der Waals surface area contributed by atoms with Gasteiger partial charge in [-0.25, -0.2) is 4.79 Å². The Kier molecular flexibility index (Phi) is 3.55. The Labute approximate surface area is 101 Å². The molecule has 2 heteroatoms. The van der Waals surface area contributed by atoms with Crippen molar-refractivity contribution in [1.29, 1.82) is 0 Å². The van der Waals surface area contributed by atoms with Crippen molar-refractivity contribution in [1.82, 2.24) is 0 Å². The van der Waals surface area contributed by atoms with Crippen LogP contribution < -0.4 is 0 Å². The normalized spacial score (nSPS) is 12.0. The third-order valence-corrected chi connectivity index (χ3v) is 2.76. The van der Waals surface area contributed by atoms with E-state index in [2.05, 4.69) is 24.8 Å². The summed E-state index contributed by atoms with van der Waals surface area (Å²) >= 11 is 0. The van der Waals surface area contributed by atoms with E-state index < -0.39 is 0 Å². The molecular weight excluding hydrogens is 212 g/mol. The molecule has 1 unspecified atom stereocenters. The molecule has 0 aliphatic heterocycles. The minimum atomic E-state index is -0.321. The first-order chi connectivity index (χ1) is 8.35. The van der Waals surface area contributed by atoms with Gasteiger partial charge in [-0.2, -0.15) is 0 Å². The van der Waals surface area contributed by atoms with Gasteiger partial charge in [-0.15, -0.1) is 0 Å². The summed E-state index contributed by atoms with van der Waals surface area (Å²) in [5, 5.41) is 2.36. The Morgan fingerprint density at radius 3 is 2.76 bits per heavy atom. The zero-order valence-electron chi connectivity index (χ0n) is 9.43. The van der Waals surface area contributed by atoms with Crippen LogP contribution in [0, 0.1) is 0 Å². The van der Waals surface area contributed by atoms with E-state index in [1.807, 2.05) is 24.3 Å². The summed E-state index contributed by atoms with van der Waals surface area (Å²) in [5.74, 6) is 0. The van der Waals surface area contributed by atoms with Crippen LogP contribution in [0.5, 0.6) is 0 Å². The van der Waals surface area contributed by atoms with Gasteiger partial charge in [0.1, 0.15) is 6.10 Å². The minimum Gasteiger partial charge on any atom is -0.449 e. The van der Waals surface area contributed by atoms with Gasteiger partial charge in [0.15, 0.2) is 0 Å². The minimum absolute atomic E-state index is 0.321. The molecule has 0 aliphatic carbocycles. The van der Waals surface area contributed by atoms with Crippen molar-refractivity contribution in [3.05, 3.63) is 60.7 Å². The largest absolute Gasteiger partial charge is 0.449 e. The number of ether oxygens (including phenoxy) is 1. The van der Waals surface area contributed by atoms with Gasteiger partial charge in [0.25, 0.3) is 0 Å². The van der Waals surface area contributed by atoms with Crippen molar-refractivity contribution in [3.63, 3.8) is 0 Å². The second kappa shape index (κ2) is 5.30. The van der Waals surface area contributed by atoms with Crippen LogP contribution in [0.15, 0.2) is 55.1 Å². The first-order valence-corrected chi connectivity index (χ1v) is 5.47. The van der Waals surface area contributed by atoms with E-state index in [1.54, 1.807) is 6.08 Å². The Hall–Kier alpha value is -2.09. The van der Waals surface area contributed by atoms with Crippen LogP contribution in [0.3, 0.4) is 0 Å². The monoisotopic (exact) mass is 225 g/mol. The first kappa shape index (κ1) is 11.4. The molecule has 2 nitrogen and oxygen atoms in total. The molecular formula is C15H13O2. The summed E-state index contributed by atoms with van der Waals surface area (Å²) in [6, 6.07) is 14.2. The molecule has 1 atom stereocenters. The van der Waals surface area contributed by atoms with Crippen LogP contribution in [-0.2, 0) is 16.0 Å². The summed E-state index contributed by atoms with van der Waals surface area (Å²) in [4.78, 5) is 10.2. The molecule has 85 valence electrons. The smallest absolute Gasteiger partial charge is 0.418 e. The van der Waals surface area contributed by atoms with Gasteiger partial charge in [-0.1, -0.05) is 55.1 Å². The molecule has 0 spiro atoms. The summed E-state index contributed by atoms with van der Waals surface area (Å²) in [6.45, 7) is 5.12. The van der Waals surface area contributed by atoms with Crippen molar-refractivity contribution < 1.29 is 9.53 Å². The van der Waals surface area contributed by atoms with E-state index in [1.165, 1.54) is 17.2 Å². The Balaban J connectivity index is 2.34. The molecule has 0 aliphatic rings. The maximum absolute atomic E-state index is 10.2. The van der Waals surface area contributed by atoms with Gasteiger partial charge in [0.2, 0.25) is 0 Å². The first-order valence-electron chi connectivity index (χ1n) is 5.47. The average molecular weight is 225 g/mol. The molecule has 0 heterocycles. The maximum Gasteiger partial charge on any atom is 0.418 e. The molecule has 2 rings (SSSR count). The SMILES string of the molecule is C=CC(Cc1cccc2ccccc12)O[C]=O. The second-order valence-corrected chi connectivity index (χ2v) is 3.82. The predicted molar refractivity (Wildman–Crippen MR) is 68.4 cm³/mol. The third kappa shape index (κ3) is 2.53. The van der Waals surface area contributed by atoms with Crippen LogP contribution in [0.25, 0.3) is 10.8 Å². The standard InChI is InChI=1S/C15H13O2/c1-2-14(17-11-16)10-13-8-5-7-12-6-3-4-9-15(12)13/h2-9,14H,1,10H2. The Bertz CT molecular complexity index is 526. The molecule has 0 aromatic heterocycles. The van der Waals surface area contributed by atoms with Crippen molar-refractivity contribution in [2.24, 2.45) is 0 Å². The predicted octanol–water partition coefficient (Wildman–Crippen LogP) is 3.02. The fourth-order valence-electron chi connectivity index (χ4n) is 1.92. The van der Waals surface area contributed by atoms with Crippen LogP contribution in [0.4, 0.5) is 0 Å². The van der Waals surface area contributed by atoms with Gasteiger partial charge in [-0.3, -0.25) is 0 Å². The number of rotatable bonds is 5. The quantitative estimate of drug-likeness (QED) is 0.731. The number of hydrogen-bond donors (Lipinski definition) is 0. The molecule has 0 saturated carbocycles. The van der Waals surface area contributed by atoms with Crippen molar-refractivity contribution in [2.45, 2.75) is 12.5 Å². The van der Waals surface area contributed by atoms with Crippen LogP contribution in [-0.4, -0.2) is 12.6 Å². The fourth-order valence-corrected chi connectivity index (χ4v) is 1.92. The van der Waals surface area contributed by atoms with Crippen LogP contribution in [0.1, 0.15) is 5.56 Å². The Morgan fingerprint density at radius 1 is 1.24 bits per heavy atom. The highest BCUT2D eigenvalue weighted by molar-refractivity contribution is 5.85. The zero-order valence-corrected chi connectivity index (χ0v) is 9.43. The third-order valence-electron chi connectivity index (χ3n) is 2.76. The molecule has 17 heavy (non-hydrogen) atoms. The summed E-state index contributed by atoms with van der Waals surface area (Å²) < 4.78 is 4.82. The highest BCUT2D eigenvalue weighted by Gasteiger charge is 2.08. The molecule has 0 amide bonds. The van der Waals surface area contributed by atoms with Crippen LogP contribution >= 0.6 is 0 Å². The van der Waals surface area contributed by atoms with E-state index >= 15 is 0 Å². The molecule has 0 fully saturated rings. The molecule has 0 saturated heterocycles. The highest BCUT2D eigenvalue weighted by atomic mass is 16.5. The van der Waals surface area contributed by atoms with Gasteiger partial charge in [0, 0.05) is 6.42 Å². The maximum atomic E-state index is 10.2. The number of fused-ring (bicyclic) bond motifs is 1. The van der Waals surface area contributed by atoms with Gasteiger partial charge in [-0.05, 0) is 16.3 Å². The Morgan fingerprint density at radius 2 is 2.00 bits per heavy atom.